The summed E-state index contributed by atoms with van der Waals surface area (Å²) in [4.78, 5) is 0. The van der Waals surface area contributed by atoms with E-state index in [2.05, 4.69) is 255 Å². The van der Waals surface area contributed by atoms with E-state index in [-0.39, 0.29) is 0 Å². The second-order valence-corrected chi connectivity index (χ2v) is 16.2. The predicted molar refractivity (Wildman–Crippen MR) is 265 cm³/mol. The fourth-order valence-electron chi connectivity index (χ4n) is 8.97. The SMILES string of the molecule is c1ccc(-c2cccc(-c3cc(-c4cccc(-c5cccc(-c6ccc7c(ccc8ccccc87)c6)c5)c4)cc(-c4cc(-c5ccccc5)cc(-c5ccccc5)c4)c3)c2)cc1. The molecule has 0 aliphatic heterocycles. The quantitative estimate of drug-likeness (QED) is 0.135. The monoisotopic (exact) mass is 786 g/mol. The van der Waals surface area contributed by atoms with Gasteiger partial charge in [-0.25, -0.2) is 0 Å². The Hall–Kier alpha value is -8.06. The average Bonchev–Trinajstić information content (AvgIpc) is 3.37. The Morgan fingerprint density at radius 1 is 0.129 bits per heavy atom. The van der Waals surface area contributed by atoms with Gasteiger partial charge in [0.2, 0.25) is 0 Å². The second kappa shape index (κ2) is 16.2. The lowest BCUT2D eigenvalue weighted by atomic mass is 9.89. The molecule has 0 atom stereocenters. The lowest BCUT2D eigenvalue weighted by Crippen LogP contribution is -1.90. The van der Waals surface area contributed by atoms with Gasteiger partial charge in [-0.2, -0.15) is 0 Å². The van der Waals surface area contributed by atoms with Crippen molar-refractivity contribution in [3.63, 3.8) is 0 Å². The van der Waals surface area contributed by atoms with Crippen molar-refractivity contribution in [2.24, 2.45) is 0 Å². The van der Waals surface area contributed by atoms with Crippen molar-refractivity contribution >= 4 is 21.5 Å². The van der Waals surface area contributed by atoms with Gasteiger partial charge in [-0.05, 0) is 171 Å². The molecule has 0 unspecified atom stereocenters. The first-order chi connectivity index (χ1) is 30.7. The highest BCUT2D eigenvalue weighted by Crippen LogP contribution is 2.39. The molecule has 0 bridgehead atoms. The zero-order chi connectivity index (χ0) is 41.2. The highest BCUT2D eigenvalue weighted by molar-refractivity contribution is 6.08. The number of hydrogen-bond donors (Lipinski definition) is 0. The van der Waals surface area contributed by atoms with E-state index in [0.717, 1.165) is 0 Å². The molecule has 0 saturated carbocycles. The Morgan fingerprint density at radius 3 is 0.871 bits per heavy atom. The van der Waals surface area contributed by atoms with Gasteiger partial charge in [0, 0.05) is 0 Å². The first-order valence-electron chi connectivity index (χ1n) is 21.4. The maximum atomic E-state index is 2.37. The summed E-state index contributed by atoms with van der Waals surface area (Å²) >= 11 is 0. The first-order valence-corrected chi connectivity index (χ1v) is 21.4. The van der Waals surface area contributed by atoms with E-state index in [4.69, 9.17) is 0 Å². The van der Waals surface area contributed by atoms with Crippen LogP contribution in [0.4, 0.5) is 0 Å². The Kier molecular flexibility index (Phi) is 9.65. The van der Waals surface area contributed by atoms with E-state index in [0.29, 0.717) is 0 Å². The van der Waals surface area contributed by atoms with Crippen LogP contribution in [0.3, 0.4) is 0 Å². The molecule has 0 amide bonds. The summed E-state index contributed by atoms with van der Waals surface area (Å²) in [6.07, 6.45) is 0. The van der Waals surface area contributed by atoms with Crippen LogP contribution < -0.4 is 0 Å². The minimum atomic E-state index is 1.17. The zero-order valence-corrected chi connectivity index (χ0v) is 34.2. The van der Waals surface area contributed by atoms with Crippen molar-refractivity contribution in [3.8, 4) is 89.0 Å². The van der Waals surface area contributed by atoms with E-state index in [9.17, 15) is 0 Å². The molecule has 0 nitrogen and oxygen atoms in total. The molecule has 11 aromatic rings. The smallest absolute Gasteiger partial charge is 0.0105 e. The van der Waals surface area contributed by atoms with Gasteiger partial charge in [-0.3, -0.25) is 0 Å². The Morgan fingerprint density at radius 2 is 0.403 bits per heavy atom. The van der Waals surface area contributed by atoms with Crippen LogP contribution in [0.2, 0.25) is 0 Å². The fraction of sp³-hybridized carbons (Fsp3) is 0. The summed E-state index contributed by atoms with van der Waals surface area (Å²) in [6.45, 7) is 0. The number of benzene rings is 11. The third-order valence-electron chi connectivity index (χ3n) is 12.2. The van der Waals surface area contributed by atoms with E-state index >= 15 is 0 Å². The molecular weight excluding hydrogens is 745 g/mol. The number of fused-ring (bicyclic) bond motifs is 3. The topological polar surface area (TPSA) is 0 Å². The summed E-state index contributed by atoms with van der Waals surface area (Å²) in [7, 11) is 0. The Bertz CT molecular complexity index is 3320. The van der Waals surface area contributed by atoms with Gasteiger partial charge in [0.1, 0.15) is 0 Å². The van der Waals surface area contributed by atoms with Crippen LogP contribution in [0.1, 0.15) is 0 Å². The molecular formula is C62H42. The summed E-state index contributed by atoms with van der Waals surface area (Å²) in [6, 6.07) is 93.2. The van der Waals surface area contributed by atoms with Crippen molar-refractivity contribution in [2.45, 2.75) is 0 Å². The summed E-state index contributed by atoms with van der Waals surface area (Å²) in [5.74, 6) is 0. The van der Waals surface area contributed by atoms with Gasteiger partial charge in [0.25, 0.3) is 0 Å². The van der Waals surface area contributed by atoms with Crippen LogP contribution in [0, 0.1) is 0 Å². The first kappa shape index (κ1) is 37.0. The molecule has 0 spiro atoms. The minimum Gasteiger partial charge on any atom is -0.0622 e. The maximum Gasteiger partial charge on any atom is -0.0105 e. The highest BCUT2D eigenvalue weighted by atomic mass is 14.2. The number of rotatable bonds is 8. The molecule has 290 valence electrons. The standard InChI is InChI=1S/C62H42/c1-4-15-43(16-5-1)47-22-12-26-51(33-47)57-40-58(42-60(41-57)59-38-55(44-17-6-2-7-18-44)37-56(39-59)45-19-8-3-9-20-45)52-27-14-24-49(35-52)48-23-13-25-50(34-48)53-31-32-62-54(36-53)30-29-46-21-10-11-28-61(46)62/h1-42H. The Balaban J connectivity index is 1.03. The van der Waals surface area contributed by atoms with Crippen molar-refractivity contribution in [1.29, 1.82) is 0 Å². The van der Waals surface area contributed by atoms with Gasteiger partial charge in [-0.15, -0.1) is 0 Å². The summed E-state index contributed by atoms with van der Waals surface area (Å²) < 4.78 is 0. The molecule has 11 rings (SSSR count). The van der Waals surface area contributed by atoms with E-state index in [1.165, 1.54) is 111 Å². The molecule has 11 aromatic carbocycles. The van der Waals surface area contributed by atoms with Crippen LogP contribution in [0.5, 0.6) is 0 Å². The largest absolute Gasteiger partial charge is 0.0622 e. The molecule has 0 heterocycles. The summed E-state index contributed by atoms with van der Waals surface area (Å²) in [5, 5.41) is 5.10. The third kappa shape index (κ3) is 7.40. The van der Waals surface area contributed by atoms with Gasteiger partial charge < -0.3 is 0 Å². The van der Waals surface area contributed by atoms with Crippen molar-refractivity contribution < 1.29 is 0 Å². The van der Waals surface area contributed by atoms with Crippen molar-refractivity contribution in [2.75, 3.05) is 0 Å². The normalized spacial score (nSPS) is 11.2. The molecule has 0 aliphatic rings. The van der Waals surface area contributed by atoms with Crippen molar-refractivity contribution in [1.82, 2.24) is 0 Å². The molecule has 62 heavy (non-hydrogen) atoms. The molecule has 0 saturated heterocycles. The van der Waals surface area contributed by atoms with Gasteiger partial charge in [0.15, 0.2) is 0 Å². The van der Waals surface area contributed by atoms with Crippen LogP contribution in [0.15, 0.2) is 255 Å². The fourth-order valence-corrected chi connectivity index (χ4v) is 8.97. The van der Waals surface area contributed by atoms with Crippen molar-refractivity contribution in [3.05, 3.63) is 255 Å². The van der Waals surface area contributed by atoms with Gasteiger partial charge in [0.05, 0.1) is 0 Å². The predicted octanol–water partition coefficient (Wildman–Crippen LogP) is 17.3. The second-order valence-electron chi connectivity index (χ2n) is 16.2. The van der Waals surface area contributed by atoms with E-state index < -0.39 is 0 Å². The molecule has 0 heteroatoms. The third-order valence-corrected chi connectivity index (χ3v) is 12.2. The lowest BCUT2D eigenvalue weighted by molar-refractivity contribution is 1.54. The van der Waals surface area contributed by atoms with E-state index in [1.807, 2.05) is 0 Å². The minimum absolute atomic E-state index is 1.17. The van der Waals surface area contributed by atoms with Crippen LogP contribution in [-0.2, 0) is 0 Å². The Labute approximate surface area is 363 Å². The maximum absolute atomic E-state index is 2.37. The van der Waals surface area contributed by atoms with Crippen LogP contribution >= 0.6 is 0 Å². The van der Waals surface area contributed by atoms with E-state index in [1.54, 1.807) is 0 Å². The molecule has 0 N–H and O–H groups in total. The molecule has 0 aromatic heterocycles. The average molecular weight is 787 g/mol. The molecule has 0 fully saturated rings. The lowest BCUT2D eigenvalue weighted by Gasteiger charge is -2.15. The van der Waals surface area contributed by atoms with Gasteiger partial charge in [-0.1, -0.05) is 194 Å². The summed E-state index contributed by atoms with van der Waals surface area (Å²) in [5.41, 5.74) is 19.1. The molecule has 0 aliphatic carbocycles. The van der Waals surface area contributed by atoms with Gasteiger partial charge >= 0.3 is 0 Å². The van der Waals surface area contributed by atoms with Crippen LogP contribution in [-0.4, -0.2) is 0 Å². The highest BCUT2D eigenvalue weighted by Gasteiger charge is 2.14. The zero-order valence-electron chi connectivity index (χ0n) is 34.2. The van der Waals surface area contributed by atoms with Crippen LogP contribution in [0.25, 0.3) is 111 Å². The molecule has 0 radical (unpaired) electrons. The number of hydrogen-bond acceptors (Lipinski definition) is 0.